The quantitative estimate of drug-likeness (QED) is 0.822. The van der Waals surface area contributed by atoms with Gasteiger partial charge >= 0.3 is 0 Å². The van der Waals surface area contributed by atoms with Crippen LogP contribution in [-0.2, 0) is 6.42 Å². The Kier molecular flexibility index (Phi) is 3.23. The van der Waals surface area contributed by atoms with Gasteiger partial charge in [-0.1, -0.05) is 13.0 Å². The molecule has 0 atom stereocenters. The molecule has 1 heterocycles. The van der Waals surface area contributed by atoms with Crippen LogP contribution in [0.1, 0.15) is 18.3 Å². The van der Waals surface area contributed by atoms with Gasteiger partial charge in [0.1, 0.15) is 5.82 Å². The van der Waals surface area contributed by atoms with E-state index in [1.165, 1.54) is 5.56 Å². The highest BCUT2D eigenvalue weighted by Gasteiger charge is 2.04. The first-order valence-electron chi connectivity index (χ1n) is 5.55. The van der Waals surface area contributed by atoms with Gasteiger partial charge in [0.2, 0.25) is 5.88 Å². The summed E-state index contributed by atoms with van der Waals surface area (Å²) in [7, 11) is 0. The zero-order chi connectivity index (χ0) is 12.3. The maximum atomic E-state index is 5.91. The van der Waals surface area contributed by atoms with E-state index in [2.05, 4.69) is 16.9 Å². The fourth-order valence-corrected chi connectivity index (χ4v) is 1.51. The van der Waals surface area contributed by atoms with E-state index >= 15 is 0 Å². The topological polar surface area (TPSA) is 61.0 Å². The molecular formula is C13H15N3O. The first-order valence-corrected chi connectivity index (χ1v) is 5.55. The Labute approximate surface area is 100 Å². The lowest BCUT2D eigenvalue weighted by Gasteiger charge is -2.08. The molecule has 0 amide bonds. The van der Waals surface area contributed by atoms with Gasteiger partial charge in [0.05, 0.1) is 5.69 Å². The second-order valence-electron chi connectivity index (χ2n) is 3.77. The number of anilines is 1. The highest BCUT2D eigenvalue weighted by atomic mass is 16.5. The number of benzene rings is 1. The minimum absolute atomic E-state index is 0.508. The van der Waals surface area contributed by atoms with Crippen LogP contribution in [0.4, 0.5) is 5.69 Å². The number of aryl methyl sites for hydroxylation is 2. The van der Waals surface area contributed by atoms with Gasteiger partial charge in [0, 0.05) is 12.3 Å². The van der Waals surface area contributed by atoms with Crippen LogP contribution in [0, 0.1) is 6.92 Å². The van der Waals surface area contributed by atoms with Crippen molar-refractivity contribution in [3.05, 3.63) is 41.9 Å². The van der Waals surface area contributed by atoms with Crippen molar-refractivity contribution in [3.63, 3.8) is 0 Å². The van der Waals surface area contributed by atoms with Gasteiger partial charge in [-0.3, -0.25) is 0 Å². The first-order chi connectivity index (χ1) is 8.19. The number of aromatic nitrogens is 2. The van der Waals surface area contributed by atoms with Crippen LogP contribution < -0.4 is 10.5 Å². The molecular weight excluding hydrogens is 214 g/mol. The molecule has 1 aromatic carbocycles. The van der Waals surface area contributed by atoms with E-state index in [0.717, 1.165) is 6.42 Å². The van der Waals surface area contributed by atoms with Crippen LogP contribution in [0.2, 0.25) is 0 Å². The third kappa shape index (κ3) is 2.72. The van der Waals surface area contributed by atoms with Gasteiger partial charge in [0.25, 0.3) is 0 Å². The fourth-order valence-electron chi connectivity index (χ4n) is 1.51. The zero-order valence-electron chi connectivity index (χ0n) is 9.97. The SMILES string of the molecule is CCc1ccc(Oc2ccnc(C)n2)c(N)c1. The van der Waals surface area contributed by atoms with Crippen molar-refractivity contribution in [2.45, 2.75) is 20.3 Å². The van der Waals surface area contributed by atoms with Gasteiger partial charge in [0.15, 0.2) is 5.75 Å². The third-order valence-corrected chi connectivity index (χ3v) is 2.45. The van der Waals surface area contributed by atoms with E-state index in [1.807, 2.05) is 25.1 Å². The highest BCUT2D eigenvalue weighted by Crippen LogP contribution is 2.27. The van der Waals surface area contributed by atoms with Crippen molar-refractivity contribution >= 4 is 5.69 Å². The Morgan fingerprint density at radius 3 is 2.76 bits per heavy atom. The van der Waals surface area contributed by atoms with Gasteiger partial charge < -0.3 is 10.5 Å². The number of ether oxygens (including phenoxy) is 1. The second kappa shape index (κ2) is 4.82. The summed E-state index contributed by atoms with van der Waals surface area (Å²) >= 11 is 0. The molecule has 0 radical (unpaired) electrons. The van der Waals surface area contributed by atoms with Crippen LogP contribution >= 0.6 is 0 Å². The van der Waals surface area contributed by atoms with Crippen molar-refractivity contribution in [2.75, 3.05) is 5.73 Å². The summed E-state index contributed by atoms with van der Waals surface area (Å²) in [5.41, 5.74) is 7.73. The van der Waals surface area contributed by atoms with Crippen molar-refractivity contribution in [3.8, 4) is 11.6 Å². The van der Waals surface area contributed by atoms with Crippen LogP contribution in [0.25, 0.3) is 0 Å². The summed E-state index contributed by atoms with van der Waals surface area (Å²) in [5, 5.41) is 0. The molecule has 0 aliphatic heterocycles. The first kappa shape index (κ1) is 11.4. The van der Waals surface area contributed by atoms with E-state index < -0.39 is 0 Å². The lowest BCUT2D eigenvalue weighted by Crippen LogP contribution is -1.96. The molecule has 4 heteroatoms. The van der Waals surface area contributed by atoms with Gasteiger partial charge in [-0.2, -0.15) is 4.98 Å². The Bertz CT molecular complexity index is 526. The molecule has 2 N–H and O–H groups in total. The number of rotatable bonds is 3. The minimum atomic E-state index is 0.508. The van der Waals surface area contributed by atoms with E-state index in [-0.39, 0.29) is 0 Å². The largest absolute Gasteiger partial charge is 0.437 e. The molecule has 0 spiro atoms. The molecule has 0 aliphatic rings. The van der Waals surface area contributed by atoms with Crippen LogP contribution in [0.15, 0.2) is 30.5 Å². The summed E-state index contributed by atoms with van der Waals surface area (Å²) in [6, 6.07) is 7.49. The Morgan fingerprint density at radius 1 is 1.29 bits per heavy atom. The van der Waals surface area contributed by atoms with Crippen molar-refractivity contribution in [1.82, 2.24) is 9.97 Å². The molecule has 2 aromatic rings. The number of hydrogen-bond acceptors (Lipinski definition) is 4. The molecule has 88 valence electrons. The average Bonchev–Trinajstić information content (AvgIpc) is 2.32. The number of nitrogens with two attached hydrogens (primary N) is 1. The molecule has 0 saturated heterocycles. The van der Waals surface area contributed by atoms with Crippen LogP contribution in [0.5, 0.6) is 11.6 Å². The summed E-state index contributed by atoms with van der Waals surface area (Å²) in [6.07, 6.45) is 2.62. The second-order valence-corrected chi connectivity index (χ2v) is 3.77. The lowest BCUT2D eigenvalue weighted by molar-refractivity contribution is 0.462. The fraction of sp³-hybridized carbons (Fsp3) is 0.231. The number of nitrogens with zero attached hydrogens (tertiary/aromatic N) is 2. The predicted octanol–water partition coefficient (Wildman–Crippen LogP) is 2.72. The van der Waals surface area contributed by atoms with Crippen molar-refractivity contribution in [2.24, 2.45) is 0 Å². The Morgan fingerprint density at radius 2 is 2.12 bits per heavy atom. The van der Waals surface area contributed by atoms with E-state index in [9.17, 15) is 0 Å². The lowest BCUT2D eigenvalue weighted by atomic mass is 10.1. The van der Waals surface area contributed by atoms with Gasteiger partial charge in [-0.05, 0) is 31.0 Å². The van der Waals surface area contributed by atoms with Crippen molar-refractivity contribution in [1.29, 1.82) is 0 Å². The molecule has 0 aliphatic carbocycles. The maximum Gasteiger partial charge on any atom is 0.222 e. The van der Waals surface area contributed by atoms with Gasteiger partial charge in [-0.25, -0.2) is 4.98 Å². The van der Waals surface area contributed by atoms with E-state index in [0.29, 0.717) is 23.1 Å². The Hall–Kier alpha value is -2.10. The third-order valence-electron chi connectivity index (χ3n) is 2.45. The summed E-state index contributed by atoms with van der Waals surface area (Å²) in [6.45, 7) is 3.90. The van der Waals surface area contributed by atoms with Crippen molar-refractivity contribution < 1.29 is 4.74 Å². The summed E-state index contributed by atoms with van der Waals surface area (Å²) in [5.74, 6) is 1.81. The zero-order valence-corrected chi connectivity index (χ0v) is 9.97. The van der Waals surface area contributed by atoms with E-state index in [4.69, 9.17) is 10.5 Å². The number of nitrogen functional groups attached to an aromatic ring is 1. The van der Waals surface area contributed by atoms with E-state index in [1.54, 1.807) is 12.3 Å². The normalized spacial score (nSPS) is 10.2. The minimum Gasteiger partial charge on any atom is -0.437 e. The molecule has 17 heavy (non-hydrogen) atoms. The number of hydrogen-bond donors (Lipinski definition) is 1. The van der Waals surface area contributed by atoms with Gasteiger partial charge in [-0.15, -0.1) is 0 Å². The molecule has 0 unspecified atom stereocenters. The molecule has 0 bridgehead atoms. The molecule has 0 saturated carbocycles. The molecule has 1 aromatic heterocycles. The molecule has 0 fully saturated rings. The molecule has 2 rings (SSSR count). The average molecular weight is 229 g/mol. The molecule has 4 nitrogen and oxygen atoms in total. The smallest absolute Gasteiger partial charge is 0.222 e. The monoisotopic (exact) mass is 229 g/mol. The summed E-state index contributed by atoms with van der Waals surface area (Å²) < 4.78 is 5.61. The van der Waals surface area contributed by atoms with Crippen LogP contribution in [-0.4, -0.2) is 9.97 Å². The summed E-state index contributed by atoms with van der Waals surface area (Å²) in [4.78, 5) is 8.17. The Balaban J connectivity index is 2.24. The highest BCUT2D eigenvalue weighted by molar-refractivity contribution is 5.55. The predicted molar refractivity (Wildman–Crippen MR) is 67.1 cm³/mol. The maximum absolute atomic E-state index is 5.91. The standard InChI is InChI=1S/C13H15N3O/c1-3-10-4-5-12(11(14)8-10)17-13-6-7-15-9(2)16-13/h4-8H,3,14H2,1-2H3. The van der Waals surface area contributed by atoms with Crippen LogP contribution in [0.3, 0.4) is 0 Å².